The minimum absolute atomic E-state index is 0. The van der Waals surface area contributed by atoms with Crippen molar-refractivity contribution in [3.8, 4) is 72.2 Å². The number of nitrogens with zero attached hydrogens (tertiary/aromatic N) is 7. The zero-order chi connectivity index (χ0) is 37.8. The van der Waals surface area contributed by atoms with Gasteiger partial charge in [-0.2, -0.15) is 0 Å². The van der Waals surface area contributed by atoms with Crippen LogP contribution in [0, 0.1) is 148 Å². The van der Waals surface area contributed by atoms with Crippen LogP contribution in [0.5, 0.6) is 0 Å². The first kappa shape index (κ1) is 58.4. The lowest BCUT2D eigenvalue weighted by Crippen LogP contribution is -1.91. The van der Waals surface area contributed by atoms with E-state index in [4.69, 9.17) is 15.3 Å². The molecule has 0 spiro atoms. The summed E-state index contributed by atoms with van der Waals surface area (Å²) < 4.78 is 0. The highest BCUT2D eigenvalue weighted by Gasteiger charge is 1.85. The number of hydrogen-bond donors (Lipinski definition) is 1. The Hall–Kier alpha value is -8.28. The molecule has 0 heterocycles. The van der Waals surface area contributed by atoms with Crippen LogP contribution in [0.4, 0.5) is 0 Å². The molecule has 0 fully saturated rings. The summed E-state index contributed by atoms with van der Waals surface area (Å²) in [5.74, 6) is 13.1. The van der Waals surface area contributed by atoms with Crippen LogP contribution < -0.4 is 6.15 Å². The van der Waals surface area contributed by atoms with Crippen LogP contribution in [0.25, 0.3) is 0 Å². The molecule has 0 saturated heterocycles. The van der Waals surface area contributed by atoms with Gasteiger partial charge in [-0.25, -0.2) is 29.0 Å². The molecule has 0 amide bonds. The van der Waals surface area contributed by atoms with Gasteiger partial charge in [-0.3, -0.25) is 0 Å². The topological polar surface area (TPSA) is 417 Å². The van der Waals surface area contributed by atoms with Crippen molar-refractivity contribution in [2.24, 2.45) is 0 Å². The maximum absolute atomic E-state index is 9.24. The van der Waals surface area contributed by atoms with Crippen LogP contribution in [0.3, 0.4) is 0 Å². The van der Waals surface area contributed by atoms with Crippen LogP contribution >= 0.6 is 0 Å². The molecule has 0 atom stereocenters. The predicted molar refractivity (Wildman–Crippen MR) is 146 cm³/mol. The predicted octanol–water partition coefficient (Wildman–Crippen LogP) is 1.19. The summed E-state index contributed by atoms with van der Waals surface area (Å²) in [4.78, 5) is 85.0. The lowest BCUT2D eigenvalue weighted by molar-refractivity contribution is -0.731. The van der Waals surface area contributed by atoms with E-state index in [-0.39, 0.29) is 6.15 Å². The Morgan fingerprint density at radius 3 is 0.426 bits per heavy atom. The molecule has 0 aromatic heterocycles. The largest absolute Gasteiger partial charge is 0.369 e. The number of hydrogen-bond acceptors (Lipinski definition) is 21. The Morgan fingerprint density at radius 2 is 0.404 bits per heavy atom. The van der Waals surface area contributed by atoms with Crippen molar-refractivity contribution in [1.29, 1.82) is 0 Å². The van der Waals surface area contributed by atoms with Gasteiger partial charge in [0.2, 0.25) is 0 Å². The van der Waals surface area contributed by atoms with Crippen LogP contribution in [0.15, 0.2) is 0 Å². The van der Waals surface area contributed by atoms with Crippen molar-refractivity contribution in [3.05, 3.63) is 76.0 Å². The maximum atomic E-state index is 9.24. The van der Waals surface area contributed by atoms with E-state index in [0.717, 1.165) is 0 Å². The Labute approximate surface area is 261 Å². The third kappa shape index (κ3) is 195. The van der Waals surface area contributed by atoms with Gasteiger partial charge in [-0.05, 0) is 41.5 Å². The third-order valence-corrected chi connectivity index (χ3v) is 1.33. The molecule has 4 N–H and O–H groups in total. The van der Waals surface area contributed by atoms with Crippen LogP contribution in [-0.2, 0) is 29.0 Å². The first-order chi connectivity index (χ1) is 21.4. The third-order valence-electron chi connectivity index (χ3n) is 1.33. The highest BCUT2D eigenvalue weighted by Crippen LogP contribution is 1.68. The van der Waals surface area contributed by atoms with Gasteiger partial charge >= 0.3 is 30.5 Å². The van der Waals surface area contributed by atoms with Crippen molar-refractivity contribution < 1.29 is 64.6 Å². The first-order valence-corrected chi connectivity index (χ1v) is 9.56. The quantitative estimate of drug-likeness (QED) is 0.233. The summed E-state index contributed by atoms with van der Waals surface area (Å²) in [6.45, 7) is 8.69. The molecule has 0 bridgehead atoms. The molecule has 0 aliphatic carbocycles. The van der Waals surface area contributed by atoms with E-state index in [1.807, 2.05) is 0 Å². The summed E-state index contributed by atoms with van der Waals surface area (Å²) in [5, 5.41) is 64.4. The SMILES string of the molecule is CC#CO[N+](=O)[O-].CC#CO[N+](=O)[O-].CC#CO[N+](=O)[O-].CC#CO[N+](=O)[O-].CC#CO[N+](=O)[O-].CC#CO[N+](=O)[O-].O=[N+]([O-])[O-].[NH4+]. The Balaban J connectivity index is -0.0000000630. The lowest BCUT2D eigenvalue weighted by Gasteiger charge is -1.75. The molecule has 260 valence electrons. The standard InChI is InChI=1S/6C3H3NO3.NO3.H3N/c6*1-2-3-7-4(5)6;2-1(3)4;/h6*1H3;;1H3/q;;;;;;-1;/p+1. The van der Waals surface area contributed by atoms with Crippen LogP contribution in [0.2, 0.25) is 0 Å². The van der Waals surface area contributed by atoms with E-state index in [1.54, 1.807) is 36.6 Å². The molecule has 0 radical (unpaired) electrons. The van der Waals surface area contributed by atoms with Crippen LogP contribution in [-0.4, -0.2) is 35.6 Å². The fourth-order valence-corrected chi connectivity index (χ4v) is 0.497. The number of rotatable bonds is 6. The molecule has 47 heavy (non-hydrogen) atoms. The monoisotopic (exact) mass is 686 g/mol. The van der Waals surface area contributed by atoms with Crippen molar-refractivity contribution in [3.63, 3.8) is 0 Å². The van der Waals surface area contributed by atoms with Gasteiger partial charge in [0.15, 0.2) is 0 Å². The normalized spacial score (nSPS) is 5.74. The summed E-state index contributed by atoms with van der Waals surface area (Å²) in [7, 11) is 0. The molecule has 0 aromatic carbocycles. The van der Waals surface area contributed by atoms with Crippen LogP contribution in [0.1, 0.15) is 41.5 Å². The molecule has 0 rings (SSSR count). The van der Waals surface area contributed by atoms with Gasteiger partial charge in [0, 0.05) is 0 Å². The second-order valence-electron chi connectivity index (χ2n) is 4.23. The molecular weight excluding hydrogens is 664 g/mol. The molecular formula is C18H22N8O21. The van der Waals surface area contributed by atoms with Gasteiger partial charge in [-0.15, -0.1) is 60.7 Å². The smallest absolute Gasteiger partial charge is 0.308 e. The summed E-state index contributed by atoms with van der Waals surface area (Å²) in [5.41, 5.74) is 0. The molecule has 29 nitrogen and oxygen atoms in total. The zero-order valence-electron chi connectivity index (χ0n) is 24.7. The first-order valence-electron chi connectivity index (χ1n) is 9.56. The molecule has 0 aliphatic rings. The van der Waals surface area contributed by atoms with Crippen molar-refractivity contribution >= 4 is 0 Å². The fraction of sp³-hybridized carbons (Fsp3) is 0.333. The van der Waals surface area contributed by atoms with E-state index >= 15 is 0 Å². The maximum Gasteiger partial charge on any atom is 0.308 e. The summed E-state index contributed by atoms with van der Waals surface area (Å²) >= 11 is 0. The highest BCUT2D eigenvalue weighted by atomic mass is 17.0. The van der Waals surface area contributed by atoms with Crippen molar-refractivity contribution in [2.75, 3.05) is 0 Å². The van der Waals surface area contributed by atoms with E-state index in [0.29, 0.717) is 0 Å². The van der Waals surface area contributed by atoms with Gasteiger partial charge in [0.25, 0.3) is 0 Å². The van der Waals surface area contributed by atoms with Gasteiger partial charge in [0.1, 0.15) is 0 Å². The van der Waals surface area contributed by atoms with E-state index < -0.39 is 35.6 Å². The average Bonchev–Trinajstić information content (AvgIpc) is 2.95. The Morgan fingerprint density at radius 1 is 0.319 bits per heavy atom. The molecule has 0 aliphatic heterocycles. The fourth-order valence-electron chi connectivity index (χ4n) is 0.497. The van der Waals surface area contributed by atoms with E-state index in [9.17, 15) is 60.7 Å². The summed E-state index contributed by atoms with van der Waals surface area (Å²) in [6, 6.07) is 0. The number of quaternary nitrogens is 1. The minimum atomic E-state index is -1.75. The molecule has 0 saturated carbocycles. The molecule has 0 unspecified atom stereocenters. The molecule has 0 aromatic rings. The van der Waals surface area contributed by atoms with Crippen molar-refractivity contribution in [1.82, 2.24) is 6.15 Å². The van der Waals surface area contributed by atoms with Crippen molar-refractivity contribution in [2.45, 2.75) is 41.5 Å². The van der Waals surface area contributed by atoms with Gasteiger partial charge < -0.3 is 21.5 Å². The zero-order valence-corrected chi connectivity index (χ0v) is 24.7. The van der Waals surface area contributed by atoms with E-state index in [2.05, 4.69) is 64.5 Å². The summed E-state index contributed by atoms with van der Waals surface area (Å²) in [6.07, 6.45) is 10.8. The Kier molecular flexibility index (Phi) is 66.9. The average molecular weight is 686 g/mol. The molecule has 29 heteroatoms. The van der Waals surface area contributed by atoms with E-state index in [1.165, 1.54) is 41.5 Å². The second kappa shape index (κ2) is 53.9. The minimum Gasteiger partial charge on any atom is -0.369 e. The van der Waals surface area contributed by atoms with Gasteiger partial charge in [0.05, 0.1) is 41.7 Å². The highest BCUT2D eigenvalue weighted by molar-refractivity contribution is 4.85. The second-order valence-corrected chi connectivity index (χ2v) is 4.23. The lowest BCUT2D eigenvalue weighted by atomic mass is 10.8. The Bertz CT molecular complexity index is 1070. The van der Waals surface area contributed by atoms with Gasteiger partial charge in [-0.1, -0.05) is 35.5 Å².